The number of ether oxygens (including phenoxy) is 3. The summed E-state index contributed by atoms with van der Waals surface area (Å²) in [5.41, 5.74) is 0.371. The van der Waals surface area contributed by atoms with Gasteiger partial charge in [0.15, 0.2) is 0 Å². The Kier molecular flexibility index (Phi) is 8.68. The third-order valence-electron chi connectivity index (χ3n) is 4.17. The van der Waals surface area contributed by atoms with Crippen molar-refractivity contribution in [2.45, 2.75) is 61.7 Å². The van der Waals surface area contributed by atoms with Gasteiger partial charge in [-0.15, -0.1) is 0 Å². The lowest BCUT2D eigenvalue weighted by atomic mass is 10.2. The van der Waals surface area contributed by atoms with Gasteiger partial charge in [0.25, 0.3) is 0 Å². The van der Waals surface area contributed by atoms with Crippen molar-refractivity contribution in [1.29, 1.82) is 0 Å². The third-order valence-corrected chi connectivity index (χ3v) is 4.17. The van der Waals surface area contributed by atoms with Crippen molar-refractivity contribution in [1.82, 2.24) is 0 Å². The molecule has 0 spiro atoms. The number of carbonyl (C=O) groups is 1. The predicted octanol–water partition coefficient (Wildman–Crippen LogP) is 7.03. The summed E-state index contributed by atoms with van der Waals surface area (Å²) in [7, 11) is 0. The van der Waals surface area contributed by atoms with Crippen molar-refractivity contribution in [2.24, 2.45) is 0 Å². The molecule has 0 aliphatic rings. The molecule has 0 amide bonds. The van der Waals surface area contributed by atoms with Gasteiger partial charge in [-0.05, 0) is 24.1 Å². The van der Waals surface area contributed by atoms with Gasteiger partial charge in [0.2, 0.25) is 0 Å². The molecule has 21 heteroatoms. The number of carbonyl (C=O) groups excluding carboxylic acids is 1. The fourth-order valence-electron chi connectivity index (χ4n) is 2.11. The highest BCUT2D eigenvalue weighted by molar-refractivity contribution is 5.81. The zero-order valence-corrected chi connectivity index (χ0v) is 17.6. The second kappa shape index (κ2) is 9.87. The van der Waals surface area contributed by atoms with Gasteiger partial charge in [0, 0.05) is 0 Å². The maximum absolute atomic E-state index is 14.4. The van der Waals surface area contributed by atoms with E-state index < -0.39 is 60.1 Å². The van der Waals surface area contributed by atoms with Crippen LogP contribution in [0, 0.1) is 0 Å². The van der Waals surface area contributed by atoms with E-state index in [1.165, 1.54) is 11.7 Å². The Morgan fingerprint density at radius 3 is 1.42 bits per heavy atom. The SMILES string of the molecule is CCc1ccc(OC(=O)[C@@](F)(OC(F)(F)[C@](F)(OC(F)(F)C(F)(F)C(F)(F)F)C(F)(F)F)C(F)(F)F)cc1. The molecule has 0 aliphatic heterocycles. The lowest BCUT2D eigenvalue weighted by Crippen LogP contribution is -2.68. The molecule has 1 rings (SSSR count). The molecule has 4 nitrogen and oxygen atoms in total. The van der Waals surface area contributed by atoms with Crippen LogP contribution in [0.5, 0.6) is 5.75 Å². The Morgan fingerprint density at radius 2 is 1.08 bits per heavy atom. The minimum Gasteiger partial charge on any atom is -0.422 e. The van der Waals surface area contributed by atoms with Gasteiger partial charge in [-0.25, -0.2) is 4.79 Å². The average Bonchev–Trinajstić information content (AvgIpc) is 2.70. The van der Waals surface area contributed by atoms with Crippen molar-refractivity contribution in [2.75, 3.05) is 0 Å². The van der Waals surface area contributed by atoms with Gasteiger partial charge in [0.1, 0.15) is 5.75 Å². The molecular weight excluding hydrogens is 591 g/mol. The van der Waals surface area contributed by atoms with E-state index in [4.69, 9.17) is 0 Å². The number of esters is 1. The quantitative estimate of drug-likeness (QED) is 0.174. The highest BCUT2D eigenvalue weighted by Gasteiger charge is 2.85. The zero-order chi connectivity index (χ0) is 30.4. The molecular formula is C17H9F17O4. The standard InChI is InChI=1S/C17H9F17O4/c1-2-7-3-5-8(6-4-7)36-9(35)10(18,13(22,23)24)37-17(33,34)12(21,15(28,29)30)38-16(31,32)11(19,20)14(25,26)27/h3-6H,2H2,1H3/t10-,12-/m1/s1. The number of rotatable bonds is 9. The number of halogens is 17. The molecule has 0 fully saturated rings. The first-order valence-electron chi connectivity index (χ1n) is 9.02. The predicted molar refractivity (Wildman–Crippen MR) is 84.3 cm³/mol. The first-order valence-corrected chi connectivity index (χ1v) is 9.02. The molecule has 0 aromatic heterocycles. The maximum Gasteiger partial charge on any atom is 0.462 e. The molecule has 1 aromatic carbocycles. The molecule has 0 heterocycles. The van der Waals surface area contributed by atoms with Crippen LogP contribution in [0.2, 0.25) is 0 Å². The normalized spacial score (nSPS) is 17.5. The zero-order valence-electron chi connectivity index (χ0n) is 17.6. The Morgan fingerprint density at radius 1 is 0.632 bits per heavy atom. The van der Waals surface area contributed by atoms with Crippen LogP contribution < -0.4 is 4.74 Å². The Hall–Kier alpha value is -2.58. The van der Waals surface area contributed by atoms with Crippen molar-refractivity contribution >= 4 is 5.97 Å². The summed E-state index contributed by atoms with van der Waals surface area (Å²) in [6, 6.07) is 3.14. The van der Waals surface area contributed by atoms with Gasteiger partial charge in [-0.2, -0.15) is 74.6 Å². The minimum atomic E-state index is -8.08. The van der Waals surface area contributed by atoms with Gasteiger partial charge >= 0.3 is 54.3 Å². The highest BCUT2D eigenvalue weighted by Crippen LogP contribution is 2.56. The Labute approximate surface area is 198 Å². The highest BCUT2D eigenvalue weighted by atomic mass is 19.4. The van der Waals surface area contributed by atoms with Crippen molar-refractivity contribution < 1.29 is 93.6 Å². The molecule has 1 aromatic rings. The third kappa shape index (κ3) is 6.01. The van der Waals surface area contributed by atoms with Crippen molar-refractivity contribution in [3.05, 3.63) is 29.8 Å². The monoisotopic (exact) mass is 600 g/mol. The largest absolute Gasteiger partial charge is 0.462 e. The van der Waals surface area contributed by atoms with E-state index in [-0.39, 0.29) is 6.42 Å². The van der Waals surface area contributed by atoms with Gasteiger partial charge in [-0.1, -0.05) is 19.1 Å². The summed E-state index contributed by atoms with van der Waals surface area (Å²) in [5.74, 6) is -27.7. The lowest BCUT2D eigenvalue weighted by Gasteiger charge is -2.39. The van der Waals surface area contributed by atoms with Crippen molar-refractivity contribution in [3.63, 3.8) is 0 Å². The maximum atomic E-state index is 14.4. The molecule has 0 saturated carbocycles. The van der Waals surface area contributed by atoms with E-state index >= 15 is 0 Å². The van der Waals surface area contributed by atoms with Gasteiger partial charge < -0.3 is 4.74 Å². The van der Waals surface area contributed by atoms with E-state index in [0.29, 0.717) is 17.7 Å². The van der Waals surface area contributed by atoms with E-state index in [1.54, 1.807) is 0 Å². The number of hydrogen-bond acceptors (Lipinski definition) is 4. The number of hydrogen-bond donors (Lipinski definition) is 0. The van der Waals surface area contributed by atoms with E-state index in [9.17, 15) is 79.4 Å². The minimum absolute atomic E-state index is 0.243. The fourth-order valence-corrected chi connectivity index (χ4v) is 2.11. The molecule has 0 radical (unpaired) electrons. The number of aryl methyl sites for hydroxylation is 1. The van der Waals surface area contributed by atoms with Crippen LogP contribution >= 0.6 is 0 Å². The van der Waals surface area contributed by atoms with Crippen LogP contribution in [-0.2, 0) is 20.7 Å². The topological polar surface area (TPSA) is 44.8 Å². The summed E-state index contributed by atoms with van der Waals surface area (Å²) < 4.78 is 230. The van der Waals surface area contributed by atoms with E-state index in [1.807, 2.05) is 4.74 Å². The Bertz CT molecular complexity index is 982. The molecule has 0 bridgehead atoms. The molecule has 0 saturated heterocycles. The molecule has 0 unspecified atom stereocenters. The summed E-state index contributed by atoms with van der Waals surface area (Å²) in [5, 5.41) is 0. The van der Waals surface area contributed by atoms with Gasteiger partial charge in [0.05, 0.1) is 0 Å². The summed E-state index contributed by atoms with van der Waals surface area (Å²) in [6.07, 6.45) is -38.5. The second-order valence-corrected chi connectivity index (χ2v) is 6.88. The number of benzene rings is 1. The van der Waals surface area contributed by atoms with Crippen LogP contribution in [0.4, 0.5) is 74.6 Å². The average molecular weight is 600 g/mol. The van der Waals surface area contributed by atoms with Gasteiger partial charge in [-0.3, -0.25) is 9.47 Å². The van der Waals surface area contributed by atoms with Crippen LogP contribution in [0.1, 0.15) is 12.5 Å². The molecule has 38 heavy (non-hydrogen) atoms. The van der Waals surface area contributed by atoms with Crippen LogP contribution in [-0.4, -0.2) is 54.3 Å². The van der Waals surface area contributed by atoms with Crippen molar-refractivity contribution in [3.8, 4) is 5.75 Å². The molecule has 2 atom stereocenters. The first kappa shape index (κ1) is 33.4. The number of alkyl halides is 17. The lowest BCUT2D eigenvalue weighted by molar-refractivity contribution is -0.548. The molecule has 0 aliphatic carbocycles. The van der Waals surface area contributed by atoms with Crippen LogP contribution in [0.25, 0.3) is 0 Å². The second-order valence-electron chi connectivity index (χ2n) is 6.88. The molecule has 0 N–H and O–H groups in total. The molecule has 220 valence electrons. The van der Waals surface area contributed by atoms with Crippen LogP contribution in [0.15, 0.2) is 24.3 Å². The summed E-state index contributed by atoms with van der Waals surface area (Å²) in [4.78, 5) is 11.6. The van der Waals surface area contributed by atoms with E-state index in [0.717, 1.165) is 12.1 Å². The Balaban J connectivity index is 3.59. The fraction of sp³-hybridized carbons (Fsp3) is 0.588. The summed E-state index contributed by atoms with van der Waals surface area (Å²) in [6.45, 7) is 1.52. The summed E-state index contributed by atoms with van der Waals surface area (Å²) >= 11 is 0. The van der Waals surface area contributed by atoms with Crippen LogP contribution in [0.3, 0.4) is 0 Å². The smallest absolute Gasteiger partial charge is 0.422 e. The van der Waals surface area contributed by atoms with E-state index in [2.05, 4.69) is 4.74 Å². The first-order chi connectivity index (χ1) is 16.6.